The fourth-order valence-electron chi connectivity index (χ4n) is 1.92. The molecule has 0 aliphatic rings. The lowest BCUT2D eigenvalue weighted by molar-refractivity contribution is 0.414. The van der Waals surface area contributed by atoms with Crippen LogP contribution in [0.3, 0.4) is 0 Å². The Morgan fingerprint density at radius 2 is 2.20 bits per heavy atom. The summed E-state index contributed by atoms with van der Waals surface area (Å²) in [6, 6.07) is 7.79. The van der Waals surface area contributed by atoms with Crippen molar-refractivity contribution in [2.45, 2.75) is 20.3 Å². The summed E-state index contributed by atoms with van der Waals surface area (Å²) in [4.78, 5) is 4.32. The van der Waals surface area contributed by atoms with Gasteiger partial charge in [0.25, 0.3) is 0 Å². The van der Waals surface area contributed by atoms with Crippen LogP contribution in [0, 0.1) is 5.92 Å². The number of benzene rings is 1. The maximum Gasteiger partial charge on any atom is 0.196 e. The van der Waals surface area contributed by atoms with Crippen molar-refractivity contribution < 1.29 is 9.15 Å². The Balaban J connectivity index is 1.94. The summed E-state index contributed by atoms with van der Waals surface area (Å²) in [5.41, 5.74) is 0.984. The topological polar surface area (TPSA) is 47.3 Å². The SMILES string of the molecule is COc1cccc(-c2cnc(CCNCC(C)C)o2)c1. The summed E-state index contributed by atoms with van der Waals surface area (Å²) in [5.74, 6) is 3.02. The Bertz CT molecular complexity index is 535. The third-order valence-corrected chi connectivity index (χ3v) is 2.98. The lowest BCUT2D eigenvalue weighted by Gasteiger charge is -2.05. The quantitative estimate of drug-likeness (QED) is 0.788. The van der Waals surface area contributed by atoms with E-state index in [2.05, 4.69) is 24.1 Å². The van der Waals surface area contributed by atoms with Crippen molar-refractivity contribution in [1.82, 2.24) is 10.3 Å². The molecule has 0 aliphatic carbocycles. The van der Waals surface area contributed by atoms with Gasteiger partial charge in [-0.1, -0.05) is 26.0 Å². The summed E-state index contributed by atoms with van der Waals surface area (Å²) in [6.07, 6.45) is 2.57. The molecule has 0 fully saturated rings. The van der Waals surface area contributed by atoms with Gasteiger partial charge in [0.2, 0.25) is 0 Å². The molecule has 1 aromatic heterocycles. The minimum Gasteiger partial charge on any atom is -0.497 e. The summed E-state index contributed by atoms with van der Waals surface area (Å²) >= 11 is 0. The predicted molar refractivity (Wildman–Crippen MR) is 79.9 cm³/mol. The molecule has 0 unspecified atom stereocenters. The van der Waals surface area contributed by atoms with E-state index in [9.17, 15) is 0 Å². The number of aromatic nitrogens is 1. The zero-order valence-corrected chi connectivity index (χ0v) is 12.3. The molecule has 108 valence electrons. The molecule has 0 atom stereocenters. The van der Waals surface area contributed by atoms with E-state index in [1.807, 2.05) is 24.3 Å². The first kappa shape index (κ1) is 14.6. The van der Waals surface area contributed by atoms with Crippen LogP contribution in [0.2, 0.25) is 0 Å². The van der Waals surface area contributed by atoms with Crippen molar-refractivity contribution in [3.63, 3.8) is 0 Å². The molecule has 0 aliphatic heterocycles. The van der Waals surface area contributed by atoms with E-state index in [4.69, 9.17) is 9.15 Å². The zero-order valence-electron chi connectivity index (χ0n) is 12.3. The predicted octanol–water partition coefficient (Wildman–Crippen LogP) is 3.14. The smallest absolute Gasteiger partial charge is 0.196 e. The summed E-state index contributed by atoms with van der Waals surface area (Å²) in [6.45, 7) is 6.29. The molecule has 0 spiro atoms. The van der Waals surface area contributed by atoms with Crippen molar-refractivity contribution in [3.05, 3.63) is 36.4 Å². The molecule has 1 heterocycles. The van der Waals surface area contributed by atoms with Crippen LogP contribution < -0.4 is 10.1 Å². The molecule has 1 aromatic carbocycles. The normalized spacial score (nSPS) is 11.0. The minimum absolute atomic E-state index is 0.659. The molecular formula is C16H22N2O2. The number of hydrogen-bond donors (Lipinski definition) is 1. The average Bonchev–Trinajstić information content (AvgIpc) is 2.92. The Morgan fingerprint density at radius 3 is 2.95 bits per heavy atom. The van der Waals surface area contributed by atoms with Gasteiger partial charge < -0.3 is 14.5 Å². The van der Waals surface area contributed by atoms with Crippen LogP contribution in [0.15, 0.2) is 34.9 Å². The maximum absolute atomic E-state index is 5.77. The largest absolute Gasteiger partial charge is 0.497 e. The van der Waals surface area contributed by atoms with Gasteiger partial charge in [-0.2, -0.15) is 0 Å². The average molecular weight is 274 g/mol. The molecule has 0 saturated carbocycles. The van der Waals surface area contributed by atoms with Crippen molar-refractivity contribution in [3.8, 4) is 17.1 Å². The number of oxazole rings is 1. The van der Waals surface area contributed by atoms with Crippen LogP contribution in [0.5, 0.6) is 5.75 Å². The van der Waals surface area contributed by atoms with Crippen molar-refractivity contribution in [1.29, 1.82) is 0 Å². The van der Waals surface area contributed by atoms with Gasteiger partial charge in [0.05, 0.1) is 13.3 Å². The molecule has 4 heteroatoms. The van der Waals surface area contributed by atoms with Crippen LogP contribution in [0.25, 0.3) is 11.3 Å². The van der Waals surface area contributed by atoms with Gasteiger partial charge in [0.1, 0.15) is 5.75 Å². The molecule has 0 saturated heterocycles. The standard InChI is InChI=1S/C16H22N2O2/c1-12(2)10-17-8-7-16-18-11-15(20-16)13-5-4-6-14(9-13)19-3/h4-6,9,11-12,17H,7-8,10H2,1-3H3. The molecule has 2 rings (SSSR count). The molecule has 0 amide bonds. The second-order valence-corrected chi connectivity index (χ2v) is 5.20. The van der Waals surface area contributed by atoms with Crippen LogP contribution in [-0.2, 0) is 6.42 Å². The van der Waals surface area contributed by atoms with Crippen molar-refractivity contribution in [2.24, 2.45) is 5.92 Å². The second kappa shape index (κ2) is 7.10. The van der Waals surface area contributed by atoms with Crippen molar-refractivity contribution >= 4 is 0 Å². The summed E-state index contributed by atoms with van der Waals surface area (Å²) < 4.78 is 11.0. The third kappa shape index (κ3) is 4.10. The molecule has 0 radical (unpaired) electrons. The highest BCUT2D eigenvalue weighted by atomic mass is 16.5. The molecule has 2 aromatic rings. The Morgan fingerprint density at radius 1 is 1.35 bits per heavy atom. The minimum atomic E-state index is 0.659. The Kier molecular flexibility index (Phi) is 5.18. The van der Waals surface area contributed by atoms with E-state index >= 15 is 0 Å². The molecule has 20 heavy (non-hydrogen) atoms. The molecular weight excluding hydrogens is 252 g/mol. The van der Waals surface area contributed by atoms with Gasteiger partial charge in [-0.05, 0) is 24.6 Å². The first-order chi connectivity index (χ1) is 9.69. The van der Waals surface area contributed by atoms with Crippen LogP contribution in [0.4, 0.5) is 0 Å². The first-order valence-electron chi connectivity index (χ1n) is 6.99. The monoisotopic (exact) mass is 274 g/mol. The second-order valence-electron chi connectivity index (χ2n) is 5.20. The number of rotatable bonds is 7. The van der Waals surface area contributed by atoms with E-state index in [1.165, 1.54) is 0 Å². The number of nitrogens with zero attached hydrogens (tertiary/aromatic N) is 1. The summed E-state index contributed by atoms with van der Waals surface area (Å²) in [5, 5.41) is 3.38. The van der Waals surface area contributed by atoms with Gasteiger partial charge in [-0.3, -0.25) is 0 Å². The Labute approximate surface area is 120 Å². The fraction of sp³-hybridized carbons (Fsp3) is 0.438. The van der Waals surface area contributed by atoms with Gasteiger partial charge in [0.15, 0.2) is 11.7 Å². The molecule has 0 bridgehead atoms. The van der Waals surface area contributed by atoms with E-state index in [0.717, 1.165) is 42.5 Å². The van der Waals surface area contributed by atoms with Crippen molar-refractivity contribution in [2.75, 3.05) is 20.2 Å². The Hall–Kier alpha value is -1.81. The molecule has 4 nitrogen and oxygen atoms in total. The van der Waals surface area contributed by atoms with Crippen LogP contribution >= 0.6 is 0 Å². The highest BCUT2D eigenvalue weighted by molar-refractivity contribution is 5.58. The number of methoxy groups -OCH3 is 1. The lowest BCUT2D eigenvalue weighted by Crippen LogP contribution is -2.22. The first-order valence-corrected chi connectivity index (χ1v) is 6.99. The zero-order chi connectivity index (χ0) is 14.4. The van der Waals surface area contributed by atoms with Crippen LogP contribution in [-0.4, -0.2) is 25.2 Å². The van der Waals surface area contributed by atoms with E-state index in [1.54, 1.807) is 13.3 Å². The number of ether oxygens (including phenoxy) is 1. The van der Waals surface area contributed by atoms with Gasteiger partial charge in [-0.25, -0.2) is 4.98 Å². The van der Waals surface area contributed by atoms with Crippen LogP contribution in [0.1, 0.15) is 19.7 Å². The van der Waals surface area contributed by atoms with Gasteiger partial charge in [0, 0.05) is 18.5 Å². The highest BCUT2D eigenvalue weighted by Crippen LogP contribution is 2.24. The van der Waals surface area contributed by atoms with E-state index < -0.39 is 0 Å². The van der Waals surface area contributed by atoms with E-state index in [-0.39, 0.29) is 0 Å². The highest BCUT2D eigenvalue weighted by Gasteiger charge is 2.07. The van der Waals surface area contributed by atoms with Gasteiger partial charge in [-0.15, -0.1) is 0 Å². The maximum atomic E-state index is 5.77. The number of hydrogen-bond acceptors (Lipinski definition) is 4. The fourth-order valence-corrected chi connectivity index (χ4v) is 1.92. The van der Waals surface area contributed by atoms with Gasteiger partial charge >= 0.3 is 0 Å². The third-order valence-electron chi connectivity index (χ3n) is 2.98. The number of nitrogens with one attached hydrogen (secondary N) is 1. The molecule has 1 N–H and O–H groups in total. The lowest BCUT2D eigenvalue weighted by atomic mass is 10.2. The summed E-state index contributed by atoms with van der Waals surface area (Å²) in [7, 11) is 1.66. The van der Waals surface area contributed by atoms with E-state index in [0.29, 0.717) is 5.92 Å².